The molecular formula is C21H18BrN11O. The van der Waals surface area contributed by atoms with Gasteiger partial charge in [-0.2, -0.15) is 14.9 Å². The molecule has 0 radical (unpaired) electrons. The number of carbonyl (C=O) groups excluding carboxylic acids is 1. The topological polar surface area (TPSA) is 168 Å². The average molecular weight is 520 g/mol. The summed E-state index contributed by atoms with van der Waals surface area (Å²) >= 11 is 3.64. The third kappa shape index (κ3) is 3.13. The van der Waals surface area contributed by atoms with E-state index in [2.05, 4.69) is 46.2 Å². The lowest BCUT2D eigenvalue weighted by molar-refractivity contribution is 0.0557. The van der Waals surface area contributed by atoms with E-state index in [4.69, 9.17) is 16.0 Å². The largest absolute Gasteiger partial charge is 0.383 e. The molecule has 3 N–H and O–H groups in total. The molecule has 0 saturated carbocycles. The van der Waals surface area contributed by atoms with E-state index >= 15 is 0 Å². The minimum Gasteiger partial charge on any atom is -0.383 e. The number of aromatic amines is 1. The fourth-order valence-electron chi connectivity index (χ4n) is 5.18. The van der Waals surface area contributed by atoms with Gasteiger partial charge < -0.3 is 15.6 Å². The molecule has 13 heteroatoms. The van der Waals surface area contributed by atoms with Gasteiger partial charge in [0.05, 0.1) is 16.4 Å². The summed E-state index contributed by atoms with van der Waals surface area (Å²) in [5, 5.41) is 21.0. The number of nitrogen functional groups attached to an aromatic ring is 1. The van der Waals surface area contributed by atoms with Gasteiger partial charge in [-0.15, -0.1) is 10.2 Å². The van der Waals surface area contributed by atoms with Crippen molar-refractivity contribution in [2.75, 3.05) is 5.73 Å². The molecule has 6 heterocycles. The molecular weight excluding hydrogens is 502 g/mol. The number of aromatic nitrogens is 8. The lowest BCUT2D eigenvalue weighted by Crippen LogP contribution is -2.46. The number of rotatable bonds is 3. The van der Waals surface area contributed by atoms with Gasteiger partial charge in [0.1, 0.15) is 18.2 Å². The fraction of sp³-hybridized carbons (Fsp3) is 0.333. The monoisotopic (exact) mass is 519 g/mol. The Morgan fingerprint density at radius 3 is 2.59 bits per heavy atom. The SMILES string of the molecule is N#Cc1ncc(-c2cnn3c(N)c(Br)c([C@H]4C[C@H]5CC[C@@H](C4)N5C(=O)c4nnc[nH]4)nc23)cn1. The maximum atomic E-state index is 13.0. The zero-order chi connectivity index (χ0) is 23.4. The van der Waals surface area contributed by atoms with Crippen LogP contribution in [0.2, 0.25) is 0 Å². The number of nitrogens with two attached hydrogens (primary N) is 1. The van der Waals surface area contributed by atoms with Crippen LogP contribution in [0.25, 0.3) is 16.8 Å². The molecule has 4 aromatic heterocycles. The molecule has 0 spiro atoms. The van der Waals surface area contributed by atoms with Crippen molar-refractivity contribution in [3.8, 4) is 17.2 Å². The minimum atomic E-state index is -0.107. The van der Waals surface area contributed by atoms with Crippen LogP contribution >= 0.6 is 15.9 Å². The summed E-state index contributed by atoms with van der Waals surface area (Å²) in [4.78, 5) is 30.8. The van der Waals surface area contributed by atoms with Gasteiger partial charge in [0, 0.05) is 41.5 Å². The van der Waals surface area contributed by atoms with Crippen molar-refractivity contribution in [2.24, 2.45) is 0 Å². The first-order chi connectivity index (χ1) is 16.5. The first kappa shape index (κ1) is 20.7. The lowest BCUT2D eigenvalue weighted by atomic mass is 9.87. The molecule has 0 unspecified atom stereocenters. The number of piperidine rings is 1. The molecule has 34 heavy (non-hydrogen) atoms. The number of amides is 1. The van der Waals surface area contributed by atoms with Crippen LogP contribution in [0.3, 0.4) is 0 Å². The Labute approximate surface area is 201 Å². The number of nitrogens with one attached hydrogen (secondary N) is 1. The van der Waals surface area contributed by atoms with E-state index in [9.17, 15) is 4.79 Å². The Morgan fingerprint density at radius 2 is 1.94 bits per heavy atom. The first-order valence-electron chi connectivity index (χ1n) is 10.8. The molecule has 2 aliphatic heterocycles. The van der Waals surface area contributed by atoms with E-state index in [1.807, 2.05) is 11.0 Å². The number of hydrogen-bond acceptors (Lipinski definition) is 9. The van der Waals surface area contributed by atoms with Crippen molar-refractivity contribution in [1.29, 1.82) is 5.26 Å². The van der Waals surface area contributed by atoms with E-state index < -0.39 is 0 Å². The summed E-state index contributed by atoms with van der Waals surface area (Å²) in [6, 6.07) is 2.12. The predicted octanol–water partition coefficient (Wildman–Crippen LogP) is 2.07. The van der Waals surface area contributed by atoms with Crippen molar-refractivity contribution in [1.82, 2.24) is 44.6 Å². The molecule has 12 nitrogen and oxygen atoms in total. The molecule has 2 bridgehead atoms. The van der Waals surface area contributed by atoms with E-state index in [0.717, 1.165) is 36.9 Å². The van der Waals surface area contributed by atoms with Crippen LogP contribution in [-0.2, 0) is 0 Å². The molecule has 1 amide bonds. The minimum absolute atomic E-state index is 0.0956. The number of hydrogen-bond donors (Lipinski definition) is 2. The van der Waals surface area contributed by atoms with Gasteiger partial charge in [-0.1, -0.05) is 0 Å². The smallest absolute Gasteiger partial charge is 0.292 e. The van der Waals surface area contributed by atoms with Crippen LogP contribution in [0, 0.1) is 11.3 Å². The fourth-order valence-corrected chi connectivity index (χ4v) is 5.76. The maximum absolute atomic E-state index is 13.0. The van der Waals surface area contributed by atoms with Gasteiger partial charge in [-0.3, -0.25) is 4.79 Å². The van der Waals surface area contributed by atoms with Crippen molar-refractivity contribution in [3.63, 3.8) is 0 Å². The normalized spacial score (nSPS) is 21.6. The quantitative estimate of drug-likeness (QED) is 0.411. The highest BCUT2D eigenvalue weighted by Crippen LogP contribution is 2.45. The van der Waals surface area contributed by atoms with Crippen LogP contribution < -0.4 is 5.73 Å². The molecule has 2 aliphatic rings. The Bertz CT molecular complexity index is 1430. The van der Waals surface area contributed by atoms with Crippen LogP contribution in [0.1, 0.15) is 53.7 Å². The van der Waals surface area contributed by atoms with Crippen molar-refractivity contribution in [3.05, 3.63) is 46.7 Å². The van der Waals surface area contributed by atoms with Crippen molar-refractivity contribution < 1.29 is 4.79 Å². The highest BCUT2D eigenvalue weighted by molar-refractivity contribution is 9.10. The first-order valence-corrected chi connectivity index (χ1v) is 11.6. The number of H-pyrrole nitrogens is 1. The predicted molar refractivity (Wildman–Crippen MR) is 122 cm³/mol. The van der Waals surface area contributed by atoms with Crippen LogP contribution in [-0.4, -0.2) is 62.6 Å². The Morgan fingerprint density at radius 1 is 1.21 bits per heavy atom. The van der Waals surface area contributed by atoms with Crippen molar-refractivity contribution in [2.45, 2.75) is 43.7 Å². The molecule has 0 aromatic carbocycles. The number of nitriles is 1. The standard InChI is InChI=1S/C21H18BrN11O/c22-16-17(10-3-12-1-2-13(4-10)32(12)21(34)19-27-9-28-31-19)30-20-14(8-29-33(20)18(16)24)11-6-25-15(5-23)26-7-11/h6-10,12-13H,1-4,24H2,(H,27,28,31)/t10-,12+,13-. The second-order valence-electron chi connectivity index (χ2n) is 8.50. The van der Waals surface area contributed by atoms with Gasteiger partial charge >= 0.3 is 0 Å². The summed E-state index contributed by atoms with van der Waals surface area (Å²) in [7, 11) is 0. The molecule has 6 rings (SSSR count). The second kappa shape index (κ2) is 7.84. The van der Waals surface area contributed by atoms with Gasteiger partial charge in [0.2, 0.25) is 11.6 Å². The third-order valence-corrected chi connectivity index (χ3v) is 7.50. The van der Waals surface area contributed by atoms with E-state index in [1.54, 1.807) is 23.1 Å². The van der Waals surface area contributed by atoms with Gasteiger partial charge in [0.25, 0.3) is 5.91 Å². The zero-order valence-corrected chi connectivity index (χ0v) is 19.3. The highest BCUT2D eigenvalue weighted by Gasteiger charge is 2.45. The van der Waals surface area contributed by atoms with Gasteiger partial charge in [-0.05, 0) is 41.6 Å². The van der Waals surface area contributed by atoms with Crippen LogP contribution in [0.5, 0.6) is 0 Å². The van der Waals surface area contributed by atoms with Gasteiger partial charge in [0.15, 0.2) is 5.65 Å². The van der Waals surface area contributed by atoms with Crippen LogP contribution in [0.15, 0.2) is 29.4 Å². The van der Waals surface area contributed by atoms with E-state index in [-0.39, 0.29) is 35.6 Å². The molecule has 2 fully saturated rings. The molecule has 2 saturated heterocycles. The molecule has 170 valence electrons. The van der Waals surface area contributed by atoms with Crippen molar-refractivity contribution >= 4 is 33.3 Å². The summed E-state index contributed by atoms with van der Waals surface area (Å²) in [6.07, 6.45) is 9.69. The molecule has 0 aliphatic carbocycles. The van der Waals surface area contributed by atoms with Gasteiger partial charge in [-0.25, -0.2) is 15.0 Å². The summed E-state index contributed by atoms with van der Waals surface area (Å²) < 4.78 is 2.29. The third-order valence-electron chi connectivity index (χ3n) is 6.68. The summed E-state index contributed by atoms with van der Waals surface area (Å²) in [6.45, 7) is 0. The number of anilines is 1. The van der Waals surface area contributed by atoms with Crippen LogP contribution in [0.4, 0.5) is 5.82 Å². The zero-order valence-electron chi connectivity index (χ0n) is 17.8. The number of carbonyl (C=O) groups is 1. The highest BCUT2D eigenvalue weighted by atomic mass is 79.9. The average Bonchev–Trinajstić information content (AvgIpc) is 3.59. The Hall–Kier alpha value is -3.92. The van der Waals surface area contributed by atoms with E-state index in [0.29, 0.717) is 21.5 Å². The Balaban J connectivity index is 1.36. The maximum Gasteiger partial charge on any atom is 0.292 e. The molecule has 3 atom stereocenters. The van der Waals surface area contributed by atoms with E-state index in [1.165, 1.54) is 6.33 Å². The number of fused-ring (bicyclic) bond motifs is 3. The summed E-state index contributed by atoms with van der Waals surface area (Å²) in [5.74, 6) is 0.836. The Kier molecular flexibility index (Phi) is 4.77. The molecule has 4 aromatic rings. The second-order valence-corrected chi connectivity index (χ2v) is 9.29. The lowest BCUT2D eigenvalue weighted by Gasteiger charge is -2.38. The summed E-state index contributed by atoms with van der Waals surface area (Å²) in [5.41, 5.74) is 9.31. The number of nitrogens with zero attached hydrogens (tertiary/aromatic N) is 9. The number of halogens is 1.